The number of para-hydroxylation sites is 1. The van der Waals surface area contributed by atoms with Crippen molar-refractivity contribution < 1.29 is 9.53 Å². The normalized spacial score (nSPS) is 17.4. The van der Waals surface area contributed by atoms with Gasteiger partial charge in [-0.2, -0.15) is 0 Å². The molecule has 154 valence electrons. The van der Waals surface area contributed by atoms with E-state index in [9.17, 15) is 9.59 Å². The molecule has 4 rings (SSSR count). The molecule has 1 amide bonds. The van der Waals surface area contributed by atoms with Crippen LogP contribution in [-0.4, -0.2) is 52.4 Å². The van der Waals surface area contributed by atoms with Crippen molar-refractivity contribution in [2.45, 2.75) is 43.8 Å². The van der Waals surface area contributed by atoms with Crippen LogP contribution in [0, 0.1) is 0 Å². The van der Waals surface area contributed by atoms with Gasteiger partial charge in [-0.3, -0.25) is 14.2 Å². The van der Waals surface area contributed by atoms with Crippen molar-refractivity contribution in [2.75, 3.05) is 32.1 Å². The van der Waals surface area contributed by atoms with Crippen LogP contribution in [-0.2, 0) is 16.1 Å². The van der Waals surface area contributed by atoms with Gasteiger partial charge in [-0.25, -0.2) is 4.98 Å². The Balaban J connectivity index is 1.55. The van der Waals surface area contributed by atoms with Crippen molar-refractivity contribution in [3.63, 3.8) is 0 Å². The Bertz CT molecular complexity index is 963. The van der Waals surface area contributed by atoms with Gasteiger partial charge in [0.05, 0.1) is 29.9 Å². The molecule has 2 heterocycles. The molecule has 0 saturated carbocycles. The highest BCUT2D eigenvalue weighted by atomic mass is 32.2. The van der Waals surface area contributed by atoms with Crippen LogP contribution < -0.4 is 5.56 Å². The number of allylic oxidation sites excluding steroid dienone is 2. The Kier molecular flexibility index (Phi) is 6.67. The Morgan fingerprint density at radius 2 is 2.00 bits per heavy atom. The zero-order valence-electron chi connectivity index (χ0n) is 16.6. The molecule has 1 aliphatic heterocycles. The molecular formula is C22H27N3O3S. The lowest BCUT2D eigenvalue weighted by atomic mass is 9.97. The van der Waals surface area contributed by atoms with Crippen LogP contribution in [0.25, 0.3) is 10.9 Å². The SMILES string of the molecule is O=C(CSc1nc2ccccc2c(=O)n1CCC1=CCCCC1)N1CCOCC1. The second-order valence-corrected chi connectivity index (χ2v) is 8.45. The van der Waals surface area contributed by atoms with E-state index in [0.29, 0.717) is 48.9 Å². The van der Waals surface area contributed by atoms with E-state index in [1.54, 1.807) is 4.57 Å². The quantitative estimate of drug-likeness (QED) is 0.413. The molecule has 0 atom stereocenters. The van der Waals surface area contributed by atoms with E-state index < -0.39 is 0 Å². The van der Waals surface area contributed by atoms with Crippen molar-refractivity contribution in [3.8, 4) is 0 Å². The molecule has 0 N–H and O–H groups in total. The molecule has 1 aromatic heterocycles. The van der Waals surface area contributed by atoms with Gasteiger partial charge in [-0.1, -0.05) is 35.5 Å². The summed E-state index contributed by atoms with van der Waals surface area (Å²) in [6, 6.07) is 7.44. The fourth-order valence-electron chi connectivity index (χ4n) is 3.87. The summed E-state index contributed by atoms with van der Waals surface area (Å²) in [5.41, 5.74) is 2.09. The van der Waals surface area contributed by atoms with Crippen molar-refractivity contribution in [2.24, 2.45) is 0 Å². The summed E-state index contributed by atoms with van der Waals surface area (Å²) >= 11 is 1.36. The number of nitrogens with zero attached hydrogens (tertiary/aromatic N) is 3. The number of morpholine rings is 1. The number of hydrogen-bond acceptors (Lipinski definition) is 5. The van der Waals surface area contributed by atoms with E-state index in [-0.39, 0.29) is 17.2 Å². The number of hydrogen-bond donors (Lipinski definition) is 0. The van der Waals surface area contributed by atoms with Gasteiger partial charge in [0.1, 0.15) is 0 Å². The molecule has 0 radical (unpaired) electrons. The predicted octanol–water partition coefficient (Wildman–Crippen LogP) is 3.24. The van der Waals surface area contributed by atoms with E-state index in [0.717, 1.165) is 19.3 Å². The zero-order chi connectivity index (χ0) is 20.1. The molecule has 0 bridgehead atoms. The lowest BCUT2D eigenvalue weighted by Crippen LogP contribution is -2.41. The van der Waals surface area contributed by atoms with E-state index in [4.69, 9.17) is 9.72 Å². The monoisotopic (exact) mass is 413 g/mol. The lowest BCUT2D eigenvalue weighted by molar-refractivity contribution is -0.132. The number of thioether (sulfide) groups is 1. The van der Waals surface area contributed by atoms with Gasteiger partial charge in [-0.15, -0.1) is 0 Å². The van der Waals surface area contributed by atoms with E-state index >= 15 is 0 Å². The molecule has 7 heteroatoms. The fraction of sp³-hybridized carbons (Fsp3) is 0.500. The van der Waals surface area contributed by atoms with Crippen LogP contribution in [0.2, 0.25) is 0 Å². The summed E-state index contributed by atoms with van der Waals surface area (Å²) in [7, 11) is 0. The first kappa shape index (κ1) is 20.2. The van der Waals surface area contributed by atoms with Crippen LogP contribution in [0.15, 0.2) is 45.9 Å². The zero-order valence-corrected chi connectivity index (χ0v) is 17.5. The molecule has 0 unspecified atom stereocenters. The van der Waals surface area contributed by atoms with Crippen LogP contribution in [0.5, 0.6) is 0 Å². The van der Waals surface area contributed by atoms with Crippen LogP contribution >= 0.6 is 11.8 Å². The maximum Gasteiger partial charge on any atom is 0.262 e. The molecule has 2 aromatic rings. The number of benzene rings is 1. The van der Waals surface area contributed by atoms with Gasteiger partial charge < -0.3 is 9.64 Å². The molecule has 1 saturated heterocycles. The predicted molar refractivity (Wildman–Crippen MR) is 115 cm³/mol. The third-order valence-electron chi connectivity index (χ3n) is 5.56. The van der Waals surface area contributed by atoms with Crippen LogP contribution in [0.4, 0.5) is 0 Å². The maximum atomic E-state index is 13.1. The highest BCUT2D eigenvalue weighted by Gasteiger charge is 2.19. The largest absolute Gasteiger partial charge is 0.378 e. The lowest BCUT2D eigenvalue weighted by Gasteiger charge is -2.26. The third kappa shape index (κ3) is 4.90. The first-order valence-corrected chi connectivity index (χ1v) is 11.4. The molecular weight excluding hydrogens is 386 g/mol. The van der Waals surface area contributed by atoms with Crippen molar-refractivity contribution in [1.29, 1.82) is 0 Å². The summed E-state index contributed by atoms with van der Waals surface area (Å²) in [6.07, 6.45) is 7.92. The van der Waals surface area contributed by atoms with Crippen molar-refractivity contribution in [1.82, 2.24) is 14.5 Å². The molecule has 0 spiro atoms. The topological polar surface area (TPSA) is 64.4 Å². The first-order chi connectivity index (χ1) is 14.2. The van der Waals surface area contributed by atoms with Gasteiger partial charge in [-0.05, 0) is 44.2 Å². The number of amides is 1. The van der Waals surface area contributed by atoms with Crippen LogP contribution in [0.1, 0.15) is 32.1 Å². The summed E-state index contributed by atoms with van der Waals surface area (Å²) in [4.78, 5) is 32.3. The molecule has 1 aromatic carbocycles. The third-order valence-corrected chi connectivity index (χ3v) is 6.52. The number of rotatable bonds is 6. The molecule has 1 aliphatic carbocycles. The Hall–Kier alpha value is -2.12. The van der Waals surface area contributed by atoms with Crippen molar-refractivity contribution >= 4 is 28.6 Å². The summed E-state index contributed by atoms with van der Waals surface area (Å²) < 4.78 is 7.08. The minimum absolute atomic E-state index is 0.0201. The number of carbonyl (C=O) groups is 1. The average Bonchev–Trinajstić information content (AvgIpc) is 2.78. The van der Waals surface area contributed by atoms with Gasteiger partial charge in [0.2, 0.25) is 5.91 Å². The first-order valence-electron chi connectivity index (χ1n) is 10.4. The van der Waals surface area contributed by atoms with E-state index in [1.165, 1.54) is 30.2 Å². The number of fused-ring (bicyclic) bond motifs is 1. The van der Waals surface area contributed by atoms with Crippen LogP contribution in [0.3, 0.4) is 0 Å². The number of ether oxygens (including phenoxy) is 1. The van der Waals surface area contributed by atoms with E-state index in [1.807, 2.05) is 29.2 Å². The summed E-state index contributed by atoms with van der Waals surface area (Å²) in [6.45, 7) is 3.04. The molecule has 6 nitrogen and oxygen atoms in total. The molecule has 2 aliphatic rings. The Morgan fingerprint density at radius 3 is 2.79 bits per heavy atom. The highest BCUT2D eigenvalue weighted by molar-refractivity contribution is 7.99. The van der Waals surface area contributed by atoms with Crippen molar-refractivity contribution in [3.05, 3.63) is 46.3 Å². The number of carbonyl (C=O) groups excluding carboxylic acids is 1. The highest BCUT2D eigenvalue weighted by Crippen LogP contribution is 2.23. The fourth-order valence-corrected chi connectivity index (χ4v) is 4.80. The minimum atomic E-state index is -0.0201. The van der Waals surface area contributed by atoms with Gasteiger partial charge in [0.25, 0.3) is 5.56 Å². The maximum absolute atomic E-state index is 13.1. The average molecular weight is 414 g/mol. The second-order valence-electron chi connectivity index (χ2n) is 7.51. The summed E-state index contributed by atoms with van der Waals surface area (Å²) in [5, 5.41) is 1.26. The Morgan fingerprint density at radius 1 is 1.17 bits per heavy atom. The van der Waals surface area contributed by atoms with Gasteiger partial charge >= 0.3 is 0 Å². The minimum Gasteiger partial charge on any atom is -0.378 e. The Labute approximate surface area is 174 Å². The smallest absolute Gasteiger partial charge is 0.262 e. The number of aromatic nitrogens is 2. The summed E-state index contributed by atoms with van der Waals surface area (Å²) in [5.74, 6) is 0.357. The molecule has 29 heavy (non-hydrogen) atoms. The molecule has 1 fully saturated rings. The second kappa shape index (κ2) is 9.59. The van der Waals surface area contributed by atoms with Gasteiger partial charge in [0, 0.05) is 19.6 Å². The standard InChI is InChI=1S/C22H27N3O3S/c26-20(24-12-14-28-15-13-24)16-29-22-23-19-9-5-4-8-18(19)21(27)25(22)11-10-17-6-2-1-3-7-17/h4-6,8-9H,1-3,7,10-16H2. The van der Waals surface area contributed by atoms with Gasteiger partial charge in [0.15, 0.2) is 5.16 Å². The van der Waals surface area contributed by atoms with E-state index in [2.05, 4.69) is 6.08 Å².